The fraction of sp³-hybridized carbons (Fsp3) is 0.250. The van der Waals surface area contributed by atoms with Gasteiger partial charge in [-0.3, -0.25) is 4.79 Å². The molecule has 156 valence electrons. The molecule has 2 aromatic carbocycles. The van der Waals surface area contributed by atoms with Gasteiger partial charge in [-0.15, -0.1) is 0 Å². The highest BCUT2D eigenvalue weighted by molar-refractivity contribution is 6.00. The number of aromatic nitrogens is 4. The van der Waals surface area contributed by atoms with E-state index < -0.39 is 0 Å². The SMILES string of the molecule is Cc1noc(C2CCCN(C(=O)c3cn(-c4ccccc4)nc3-c3ccccc3)C2)n1. The zero-order valence-electron chi connectivity index (χ0n) is 17.3. The number of carbonyl (C=O) groups excluding carboxylic acids is 1. The monoisotopic (exact) mass is 413 g/mol. The Balaban J connectivity index is 1.49. The van der Waals surface area contributed by atoms with Crippen molar-refractivity contribution >= 4 is 5.91 Å². The van der Waals surface area contributed by atoms with Crippen molar-refractivity contribution in [3.63, 3.8) is 0 Å². The van der Waals surface area contributed by atoms with E-state index in [0.29, 0.717) is 36.1 Å². The average Bonchev–Trinajstić information content (AvgIpc) is 3.47. The van der Waals surface area contributed by atoms with Gasteiger partial charge in [0.05, 0.1) is 17.2 Å². The van der Waals surface area contributed by atoms with Gasteiger partial charge in [-0.05, 0) is 31.9 Å². The number of piperidine rings is 1. The first-order valence-corrected chi connectivity index (χ1v) is 10.5. The van der Waals surface area contributed by atoms with Crippen molar-refractivity contribution in [2.45, 2.75) is 25.7 Å². The van der Waals surface area contributed by atoms with Crippen LogP contribution in [0.3, 0.4) is 0 Å². The topological polar surface area (TPSA) is 77.0 Å². The second kappa shape index (κ2) is 8.18. The summed E-state index contributed by atoms with van der Waals surface area (Å²) < 4.78 is 7.15. The zero-order chi connectivity index (χ0) is 21.2. The zero-order valence-corrected chi connectivity index (χ0v) is 17.3. The van der Waals surface area contributed by atoms with Crippen LogP contribution in [0.25, 0.3) is 16.9 Å². The summed E-state index contributed by atoms with van der Waals surface area (Å²) in [6, 6.07) is 19.7. The van der Waals surface area contributed by atoms with E-state index in [9.17, 15) is 4.79 Å². The molecule has 3 heterocycles. The van der Waals surface area contributed by atoms with Crippen LogP contribution in [0.4, 0.5) is 0 Å². The Hall–Kier alpha value is -3.74. The summed E-state index contributed by atoms with van der Waals surface area (Å²) in [5, 5.41) is 8.68. The number of nitrogens with zero attached hydrogens (tertiary/aromatic N) is 5. The van der Waals surface area contributed by atoms with Gasteiger partial charge in [0.15, 0.2) is 5.82 Å². The lowest BCUT2D eigenvalue weighted by Crippen LogP contribution is -2.39. The summed E-state index contributed by atoms with van der Waals surface area (Å²) >= 11 is 0. The van der Waals surface area contributed by atoms with Gasteiger partial charge in [-0.1, -0.05) is 53.7 Å². The second-order valence-corrected chi connectivity index (χ2v) is 7.81. The van der Waals surface area contributed by atoms with Gasteiger partial charge in [-0.25, -0.2) is 4.68 Å². The first kappa shape index (κ1) is 19.2. The van der Waals surface area contributed by atoms with Crippen molar-refractivity contribution in [3.05, 3.63) is 84.1 Å². The van der Waals surface area contributed by atoms with E-state index in [2.05, 4.69) is 10.1 Å². The largest absolute Gasteiger partial charge is 0.339 e. The fourth-order valence-electron chi connectivity index (χ4n) is 4.07. The quantitative estimate of drug-likeness (QED) is 0.500. The third-order valence-electron chi connectivity index (χ3n) is 5.61. The summed E-state index contributed by atoms with van der Waals surface area (Å²) in [7, 11) is 0. The number of para-hydroxylation sites is 1. The van der Waals surface area contributed by atoms with Gasteiger partial charge in [0.1, 0.15) is 5.69 Å². The van der Waals surface area contributed by atoms with E-state index >= 15 is 0 Å². The molecule has 5 rings (SSSR count). The molecule has 0 radical (unpaired) electrons. The molecule has 1 unspecified atom stereocenters. The third-order valence-corrected chi connectivity index (χ3v) is 5.61. The van der Waals surface area contributed by atoms with E-state index in [1.807, 2.05) is 78.7 Å². The molecule has 31 heavy (non-hydrogen) atoms. The Labute approximate surface area is 180 Å². The predicted molar refractivity (Wildman–Crippen MR) is 116 cm³/mol. The maximum atomic E-state index is 13.6. The van der Waals surface area contributed by atoms with Crippen molar-refractivity contribution in [3.8, 4) is 16.9 Å². The molecular formula is C24H23N5O2. The molecule has 7 nitrogen and oxygen atoms in total. The molecule has 1 fully saturated rings. The lowest BCUT2D eigenvalue weighted by molar-refractivity contribution is 0.0696. The molecule has 0 bridgehead atoms. The summed E-state index contributed by atoms with van der Waals surface area (Å²) in [4.78, 5) is 19.9. The Morgan fingerprint density at radius 3 is 2.52 bits per heavy atom. The molecule has 2 aromatic heterocycles. The molecule has 1 aliphatic heterocycles. The highest BCUT2D eigenvalue weighted by atomic mass is 16.5. The smallest absolute Gasteiger partial charge is 0.257 e. The van der Waals surface area contributed by atoms with Crippen molar-refractivity contribution in [2.75, 3.05) is 13.1 Å². The van der Waals surface area contributed by atoms with E-state index in [1.54, 1.807) is 4.68 Å². The van der Waals surface area contributed by atoms with E-state index in [1.165, 1.54) is 0 Å². The van der Waals surface area contributed by atoms with Gasteiger partial charge in [0, 0.05) is 24.8 Å². The van der Waals surface area contributed by atoms with Crippen LogP contribution in [-0.4, -0.2) is 43.8 Å². The summed E-state index contributed by atoms with van der Waals surface area (Å²) in [5.74, 6) is 1.26. The number of aryl methyl sites for hydroxylation is 1. The van der Waals surface area contributed by atoms with Crippen molar-refractivity contribution in [1.82, 2.24) is 24.8 Å². The number of likely N-dealkylation sites (tertiary alicyclic amines) is 1. The van der Waals surface area contributed by atoms with Gasteiger partial charge in [0.25, 0.3) is 5.91 Å². The Morgan fingerprint density at radius 1 is 1.06 bits per heavy atom. The molecule has 7 heteroatoms. The molecule has 0 saturated carbocycles. The number of carbonyl (C=O) groups is 1. The molecule has 0 aliphatic carbocycles. The van der Waals surface area contributed by atoms with Crippen LogP contribution in [0.1, 0.15) is 40.8 Å². The molecule has 1 atom stereocenters. The maximum Gasteiger partial charge on any atom is 0.257 e. The van der Waals surface area contributed by atoms with Crippen molar-refractivity contribution in [1.29, 1.82) is 0 Å². The van der Waals surface area contributed by atoms with E-state index in [4.69, 9.17) is 9.62 Å². The van der Waals surface area contributed by atoms with Crippen molar-refractivity contribution < 1.29 is 9.32 Å². The van der Waals surface area contributed by atoms with Crippen LogP contribution in [-0.2, 0) is 0 Å². The van der Waals surface area contributed by atoms with E-state index in [-0.39, 0.29) is 11.8 Å². The van der Waals surface area contributed by atoms with Crippen LogP contribution in [0, 0.1) is 6.92 Å². The standard InChI is InChI=1S/C24H23N5O2/c1-17-25-23(31-27-17)19-11-8-14-28(15-19)24(30)21-16-29(20-12-6-3-7-13-20)26-22(21)18-9-4-2-5-10-18/h2-7,9-10,12-13,16,19H,8,11,14-15H2,1H3. The molecule has 4 aromatic rings. The third kappa shape index (κ3) is 3.86. The summed E-state index contributed by atoms with van der Waals surface area (Å²) in [6.45, 7) is 3.07. The molecule has 1 amide bonds. The van der Waals surface area contributed by atoms with Gasteiger partial charge >= 0.3 is 0 Å². The number of hydrogen-bond acceptors (Lipinski definition) is 5. The normalized spacial score (nSPS) is 16.4. The highest BCUT2D eigenvalue weighted by Gasteiger charge is 2.31. The first-order valence-electron chi connectivity index (χ1n) is 10.5. The summed E-state index contributed by atoms with van der Waals surface area (Å²) in [5.41, 5.74) is 3.11. The van der Waals surface area contributed by atoms with Crippen LogP contribution in [0.2, 0.25) is 0 Å². The van der Waals surface area contributed by atoms with Crippen LogP contribution in [0.15, 0.2) is 71.4 Å². The molecular weight excluding hydrogens is 390 g/mol. The van der Waals surface area contributed by atoms with Crippen LogP contribution in [0.5, 0.6) is 0 Å². The molecule has 0 N–H and O–H groups in total. The lowest BCUT2D eigenvalue weighted by Gasteiger charge is -2.31. The number of rotatable bonds is 4. The summed E-state index contributed by atoms with van der Waals surface area (Å²) in [6.07, 6.45) is 3.66. The second-order valence-electron chi connectivity index (χ2n) is 7.81. The average molecular weight is 413 g/mol. The van der Waals surface area contributed by atoms with Crippen LogP contribution >= 0.6 is 0 Å². The molecule has 0 spiro atoms. The van der Waals surface area contributed by atoms with Crippen LogP contribution < -0.4 is 0 Å². The Bertz CT molecular complexity index is 1180. The first-order chi connectivity index (χ1) is 15.2. The fourth-order valence-corrected chi connectivity index (χ4v) is 4.07. The minimum atomic E-state index is -0.0260. The Kier molecular flexibility index (Phi) is 5.08. The minimum absolute atomic E-state index is 0.0260. The maximum absolute atomic E-state index is 13.6. The predicted octanol–water partition coefficient (Wildman–Crippen LogP) is 4.25. The number of hydrogen-bond donors (Lipinski definition) is 0. The number of amides is 1. The van der Waals surface area contributed by atoms with Gasteiger partial charge < -0.3 is 9.42 Å². The van der Waals surface area contributed by atoms with E-state index in [0.717, 1.165) is 24.1 Å². The van der Waals surface area contributed by atoms with Gasteiger partial charge in [-0.2, -0.15) is 10.1 Å². The lowest BCUT2D eigenvalue weighted by atomic mass is 9.97. The molecule has 1 aliphatic rings. The molecule has 1 saturated heterocycles. The minimum Gasteiger partial charge on any atom is -0.339 e. The number of benzene rings is 2. The highest BCUT2D eigenvalue weighted by Crippen LogP contribution is 2.29. The Morgan fingerprint density at radius 2 is 1.81 bits per heavy atom. The van der Waals surface area contributed by atoms with Crippen molar-refractivity contribution in [2.24, 2.45) is 0 Å². The van der Waals surface area contributed by atoms with Gasteiger partial charge in [0.2, 0.25) is 5.89 Å².